The number of rotatable bonds is 7. The largest absolute Gasteiger partial charge is 0.449 e. The van der Waals surface area contributed by atoms with Gasteiger partial charge in [0.25, 0.3) is 0 Å². The molecule has 2 aliphatic carbocycles. The fourth-order valence-corrected chi connectivity index (χ4v) is 9.60. The molecule has 0 bridgehead atoms. The van der Waals surface area contributed by atoms with E-state index in [0.717, 1.165) is 59.0 Å². The Balaban J connectivity index is 0.991. The van der Waals surface area contributed by atoms with Gasteiger partial charge in [0, 0.05) is 11.1 Å². The van der Waals surface area contributed by atoms with Crippen molar-refractivity contribution < 1.29 is 9.47 Å². The molecule has 1 heterocycles. The van der Waals surface area contributed by atoms with Crippen LogP contribution >= 0.6 is 0 Å². The van der Waals surface area contributed by atoms with Crippen molar-refractivity contribution in [2.75, 3.05) is 0 Å². The van der Waals surface area contributed by atoms with Crippen molar-refractivity contribution in [2.45, 2.75) is 24.7 Å². The van der Waals surface area contributed by atoms with E-state index < -0.39 is 5.41 Å². The average molecular weight is 745 g/mol. The van der Waals surface area contributed by atoms with Crippen LogP contribution in [0.4, 0.5) is 0 Å². The zero-order valence-corrected chi connectivity index (χ0v) is 32.1. The Morgan fingerprint density at radius 3 is 2.00 bits per heavy atom. The molecule has 0 saturated heterocycles. The molecule has 0 radical (unpaired) electrons. The van der Waals surface area contributed by atoms with E-state index in [2.05, 4.69) is 200 Å². The smallest absolute Gasteiger partial charge is 0.177 e. The highest BCUT2D eigenvalue weighted by molar-refractivity contribution is 5.98. The number of hydrogen-bond donors (Lipinski definition) is 0. The molecule has 276 valence electrons. The van der Waals surface area contributed by atoms with Gasteiger partial charge in [0.1, 0.15) is 0 Å². The molecule has 3 aliphatic rings. The lowest BCUT2D eigenvalue weighted by atomic mass is 9.66. The highest BCUT2D eigenvalue weighted by Gasteiger charge is 2.49. The van der Waals surface area contributed by atoms with Gasteiger partial charge in [0.05, 0.1) is 5.41 Å². The van der Waals surface area contributed by atoms with E-state index in [9.17, 15) is 0 Å². The molecule has 2 nitrogen and oxygen atoms in total. The van der Waals surface area contributed by atoms with E-state index in [-0.39, 0.29) is 0 Å². The Morgan fingerprint density at radius 1 is 0.569 bits per heavy atom. The van der Waals surface area contributed by atoms with Crippen LogP contribution in [0, 0.1) is 0 Å². The van der Waals surface area contributed by atoms with Crippen LogP contribution in [-0.2, 0) is 11.8 Å². The summed E-state index contributed by atoms with van der Waals surface area (Å²) in [6, 6.07) is 67.4. The lowest BCUT2D eigenvalue weighted by Gasteiger charge is -2.35. The molecular weight excluding hydrogens is 705 g/mol. The topological polar surface area (TPSA) is 18.5 Å². The number of ether oxygens (including phenoxy) is 2. The van der Waals surface area contributed by atoms with Gasteiger partial charge < -0.3 is 9.47 Å². The standard InChI is InChI=1S/C56H40O2/c1-4-16-38(17-5-1)30-35-45(47-27-14-19-39-18-10-11-24-44(39)47)40-31-33-41(34-32-40)46-26-15-29-51-54(46)57-52-37-36-50-53(55(52)58-51)48-25-12-13-28-49(48)56(50,42-20-6-2-7-21-42)43-22-8-3-9-23-43/h1-11,13-24,26-29,31-37H,12,25,30H2/b45-35+. The van der Waals surface area contributed by atoms with Crippen molar-refractivity contribution in [3.05, 3.63) is 251 Å². The van der Waals surface area contributed by atoms with Crippen LogP contribution < -0.4 is 9.47 Å². The molecule has 2 heteroatoms. The van der Waals surface area contributed by atoms with Gasteiger partial charge in [-0.25, -0.2) is 0 Å². The number of hydrogen-bond acceptors (Lipinski definition) is 2. The predicted molar refractivity (Wildman–Crippen MR) is 238 cm³/mol. The first-order valence-corrected chi connectivity index (χ1v) is 20.3. The molecule has 0 unspecified atom stereocenters. The summed E-state index contributed by atoms with van der Waals surface area (Å²) >= 11 is 0. The SMILES string of the molecule is C1=CC2=C(CC1)c1c(ccc3c1Oc1cccc(-c4ccc(/C(=C\Cc5ccccc5)c5cccc6ccccc56)cc4)c1O3)C2(c1ccccc1)c1ccccc1. The molecule has 0 N–H and O–H groups in total. The van der Waals surface area contributed by atoms with Gasteiger partial charge in [-0.05, 0) is 97.8 Å². The third-order valence-electron chi connectivity index (χ3n) is 12.2. The number of allylic oxidation sites excluding steroid dienone is 5. The van der Waals surface area contributed by atoms with Crippen LogP contribution in [-0.4, -0.2) is 0 Å². The van der Waals surface area contributed by atoms with Crippen LogP contribution in [0.1, 0.15) is 51.8 Å². The van der Waals surface area contributed by atoms with Crippen LogP contribution in [0.2, 0.25) is 0 Å². The van der Waals surface area contributed by atoms with Crippen molar-refractivity contribution in [2.24, 2.45) is 0 Å². The normalized spacial score (nSPS) is 14.9. The molecule has 58 heavy (non-hydrogen) atoms. The molecule has 0 spiro atoms. The van der Waals surface area contributed by atoms with Gasteiger partial charge >= 0.3 is 0 Å². The summed E-state index contributed by atoms with van der Waals surface area (Å²) in [6.07, 6.45) is 9.83. The molecular formula is C56H40O2. The van der Waals surface area contributed by atoms with E-state index in [1.54, 1.807) is 0 Å². The quantitative estimate of drug-likeness (QED) is 0.162. The molecule has 0 atom stereocenters. The van der Waals surface area contributed by atoms with Crippen LogP contribution in [0.25, 0.3) is 33.0 Å². The Hall–Kier alpha value is -7.16. The van der Waals surface area contributed by atoms with E-state index in [1.165, 1.54) is 60.9 Å². The molecule has 0 aromatic heterocycles. The number of benzene rings is 8. The highest BCUT2D eigenvalue weighted by atomic mass is 16.6. The zero-order chi connectivity index (χ0) is 38.5. The van der Waals surface area contributed by atoms with Crippen LogP contribution in [0.3, 0.4) is 0 Å². The third-order valence-corrected chi connectivity index (χ3v) is 12.2. The van der Waals surface area contributed by atoms with Gasteiger partial charge in [-0.3, -0.25) is 0 Å². The zero-order valence-electron chi connectivity index (χ0n) is 32.1. The first kappa shape index (κ1) is 34.1. The third kappa shape index (κ3) is 5.48. The Labute approximate surface area is 339 Å². The van der Waals surface area contributed by atoms with Gasteiger partial charge in [0.2, 0.25) is 0 Å². The fraction of sp³-hybridized carbons (Fsp3) is 0.0714. The second kappa shape index (κ2) is 14.1. The fourth-order valence-electron chi connectivity index (χ4n) is 9.60. The van der Waals surface area contributed by atoms with Crippen LogP contribution in [0.15, 0.2) is 212 Å². The Kier molecular flexibility index (Phi) is 8.29. The number of para-hydroxylation sites is 1. The summed E-state index contributed by atoms with van der Waals surface area (Å²) in [5, 5.41) is 2.48. The monoisotopic (exact) mass is 744 g/mol. The average Bonchev–Trinajstić information content (AvgIpc) is 3.61. The molecule has 0 fully saturated rings. The second-order valence-corrected chi connectivity index (χ2v) is 15.4. The minimum atomic E-state index is -0.465. The molecule has 0 saturated carbocycles. The second-order valence-electron chi connectivity index (χ2n) is 15.4. The highest BCUT2D eigenvalue weighted by Crippen LogP contribution is 2.62. The Morgan fingerprint density at radius 2 is 1.22 bits per heavy atom. The summed E-state index contributed by atoms with van der Waals surface area (Å²) < 4.78 is 14.0. The van der Waals surface area contributed by atoms with Gasteiger partial charge in [0.15, 0.2) is 23.0 Å². The summed E-state index contributed by atoms with van der Waals surface area (Å²) in [5.41, 5.74) is 14.1. The predicted octanol–water partition coefficient (Wildman–Crippen LogP) is 14.5. The van der Waals surface area contributed by atoms with Crippen molar-refractivity contribution in [1.82, 2.24) is 0 Å². The van der Waals surface area contributed by atoms with E-state index in [0.29, 0.717) is 0 Å². The van der Waals surface area contributed by atoms with Crippen molar-refractivity contribution >= 4 is 21.9 Å². The molecule has 1 aliphatic heterocycles. The van der Waals surface area contributed by atoms with Crippen molar-refractivity contribution in [1.29, 1.82) is 0 Å². The van der Waals surface area contributed by atoms with Crippen molar-refractivity contribution in [3.63, 3.8) is 0 Å². The molecule has 8 aromatic carbocycles. The van der Waals surface area contributed by atoms with Gasteiger partial charge in [-0.1, -0.05) is 194 Å². The maximum Gasteiger partial charge on any atom is 0.177 e. The summed E-state index contributed by atoms with van der Waals surface area (Å²) in [6.45, 7) is 0. The summed E-state index contributed by atoms with van der Waals surface area (Å²) in [7, 11) is 0. The van der Waals surface area contributed by atoms with E-state index in [4.69, 9.17) is 9.47 Å². The first-order chi connectivity index (χ1) is 28.8. The summed E-state index contributed by atoms with van der Waals surface area (Å²) in [5.74, 6) is 3.02. The van der Waals surface area contributed by atoms with Gasteiger partial charge in [-0.2, -0.15) is 0 Å². The lowest BCUT2D eigenvalue weighted by Crippen LogP contribution is -2.29. The van der Waals surface area contributed by atoms with Crippen molar-refractivity contribution in [3.8, 4) is 34.1 Å². The lowest BCUT2D eigenvalue weighted by molar-refractivity contribution is 0.359. The first-order valence-electron chi connectivity index (χ1n) is 20.3. The molecule has 11 rings (SSSR count). The molecule has 8 aromatic rings. The minimum Gasteiger partial charge on any atom is -0.449 e. The Bertz CT molecular complexity index is 2890. The van der Waals surface area contributed by atoms with Crippen LogP contribution in [0.5, 0.6) is 23.0 Å². The summed E-state index contributed by atoms with van der Waals surface area (Å²) in [4.78, 5) is 0. The number of fused-ring (bicyclic) bond motifs is 6. The minimum absolute atomic E-state index is 0.465. The molecule has 0 amide bonds. The van der Waals surface area contributed by atoms with Gasteiger partial charge in [-0.15, -0.1) is 0 Å². The maximum absolute atomic E-state index is 7.04. The van der Waals surface area contributed by atoms with E-state index >= 15 is 0 Å². The maximum atomic E-state index is 7.04. The van der Waals surface area contributed by atoms with E-state index in [1.807, 2.05) is 6.07 Å².